The number of rotatable bonds is 4. The summed E-state index contributed by atoms with van der Waals surface area (Å²) in [7, 11) is 1.96. The molecule has 0 bridgehead atoms. The number of hydrogen-bond donors (Lipinski definition) is 1. The van der Waals surface area contributed by atoms with Crippen LogP contribution in [0.4, 0.5) is 0 Å². The van der Waals surface area contributed by atoms with Crippen molar-refractivity contribution in [3.8, 4) is 0 Å². The second-order valence-corrected chi connectivity index (χ2v) is 4.81. The van der Waals surface area contributed by atoms with E-state index in [1.807, 2.05) is 17.9 Å². The van der Waals surface area contributed by atoms with E-state index in [0.29, 0.717) is 12.2 Å². The molecule has 1 aliphatic rings. The van der Waals surface area contributed by atoms with Crippen molar-refractivity contribution in [3.05, 3.63) is 16.9 Å². The van der Waals surface area contributed by atoms with Crippen molar-refractivity contribution < 1.29 is 4.74 Å². The summed E-state index contributed by atoms with van der Waals surface area (Å²) in [5, 5.41) is 7.37. The number of likely N-dealkylation sites (N-methyl/N-ethyl adjacent to an activating group) is 1. The fraction of sp³-hybridized carbons (Fsp3) is 0.700. The first kappa shape index (κ1) is 11.1. The van der Waals surface area contributed by atoms with Gasteiger partial charge in [0.1, 0.15) is 0 Å². The molecule has 2 unspecified atom stereocenters. The van der Waals surface area contributed by atoms with Crippen LogP contribution in [0.3, 0.4) is 0 Å². The smallest absolute Gasteiger partial charge is 0.0776 e. The zero-order valence-electron chi connectivity index (χ0n) is 8.82. The van der Waals surface area contributed by atoms with Crippen molar-refractivity contribution >= 4 is 15.9 Å². The molecular formula is C10H16BrN3O. The highest BCUT2D eigenvalue weighted by Crippen LogP contribution is 2.20. The van der Waals surface area contributed by atoms with Crippen molar-refractivity contribution in [2.24, 2.45) is 0 Å². The van der Waals surface area contributed by atoms with E-state index in [-0.39, 0.29) is 0 Å². The molecule has 15 heavy (non-hydrogen) atoms. The van der Waals surface area contributed by atoms with Crippen LogP contribution in [0.2, 0.25) is 0 Å². The molecule has 1 fully saturated rings. The molecule has 4 nitrogen and oxygen atoms in total. The topological polar surface area (TPSA) is 39.1 Å². The van der Waals surface area contributed by atoms with Gasteiger partial charge in [-0.15, -0.1) is 0 Å². The van der Waals surface area contributed by atoms with E-state index in [1.54, 1.807) is 6.20 Å². The highest BCUT2D eigenvalue weighted by molar-refractivity contribution is 9.10. The van der Waals surface area contributed by atoms with Gasteiger partial charge in [0, 0.05) is 12.7 Å². The van der Waals surface area contributed by atoms with Gasteiger partial charge in [-0.05, 0) is 35.8 Å². The van der Waals surface area contributed by atoms with Crippen LogP contribution in [0, 0.1) is 0 Å². The summed E-state index contributed by atoms with van der Waals surface area (Å²) in [6.07, 6.45) is 6.75. The van der Waals surface area contributed by atoms with Crippen molar-refractivity contribution in [1.82, 2.24) is 15.1 Å². The molecule has 1 saturated heterocycles. The highest BCUT2D eigenvalue weighted by Gasteiger charge is 2.24. The van der Waals surface area contributed by atoms with Crippen LogP contribution < -0.4 is 5.32 Å². The summed E-state index contributed by atoms with van der Waals surface area (Å²) in [5.41, 5.74) is 0. The van der Waals surface area contributed by atoms with Gasteiger partial charge < -0.3 is 10.1 Å². The van der Waals surface area contributed by atoms with Crippen LogP contribution in [-0.4, -0.2) is 35.6 Å². The Morgan fingerprint density at radius 2 is 2.40 bits per heavy atom. The molecule has 0 aromatic carbocycles. The maximum absolute atomic E-state index is 5.88. The Hall–Kier alpha value is -0.390. The Kier molecular flexibility index (Phi) is 3.77. The van der Waals surface area contributed by atoms with Crippen LogP contribution in [0.1, 0.15) is 12.8 Å². The van der Waals surface area contributed by atoms with Crippen molar-refractivity contribution in [2.75, 3.05) is 13.6 Å². The van der Waals surface area contributed by atoms with E-state index >= 15 is 0 Å². The van der Waals surface area contributed by atoms with Gasteiger partial charge >= 0.3 is 0 Å². The first-order valence-electron chi connectivity index (χ1n) is 5.26. The minimum absolute atomic E-state index is 0.315. The maximum Gasteiger partial charge on any atom is 0.0776 e. The largest absolute Gasteiger partial charge is 0.372 e. The number of nitrogens with one attached hydrogen (secondary N) is 1. The Balaban J connectivity index is 1.82. The Morgan fingerprint density at radius 1 is 1.60 bits per heavy atom. The quantitative estimate of drug-likeness (QED) is 0.902. The maximum atomic E-state index is 5.88. The lowest BCUT2D eigenvalue weighted by molar-refractivity contribution is 0.0351. The van der Waals surface area contributed by atoms with Crippen LogP contribution in [0.15, 0.2) is 16.9 Å². The van der Waals surface area contributed by atoms with Crippen molar-refractivity contribution in [3.63, 3.8) is 0 Å². The molecule has 2 heterocycles. The summed E-state index contributed by atoms with van der Waals surface area (Å²) in [6, 6.07) is 0. The molecule has 2 rings (SSSR count). The van der Waals surface area contributed by atoms with E-state index < -0.39 is 0 Å². The molecule has 0 radical (unpaired) electrons. The molecule has 84 valence electrons. The Bertz CT molecular complexity index is 315. The van der Waals surface area contributed by atoms with Gasteiger partial charge in [0.25, 0.3) is 0 Å². The molecule has 5 heteroatoms. The van der Waals surface area contributed by atoms with E-state index in [4.69, 9.17) is 4.74 Å². The van der Waals surface area contributed by atoms with Crippen LogP contribution in [0.5, 0.6) is 0 Å². The molecule has 1 N–H and O–H groups in total. The van der Waals surface area contributed by atoms with Crippen LogP contribution >= 0.6 is 15.9 Å². The Labute approximate surface area is 98.1 Å². The lowest BCUT2D eigenvalue weighted by Gasteiger charge is -2.13. The van der Waals surface area contributed by atoms with Crippen molar-refractivity contribution in [1.29, 1.82) is 0 Å². The number of aromatic nitrogens is 2. The third kappa shape index (κ3) is 3.03. The predicted molar refractivity (Wildman–Crippen MR) is 61.7 cm³/mol. The SMILES string of the molecule is CNCC1CCC(Cn2cc(Br)cn2)O1. The van der Waals surface area contributed by atoms with Gasteiger partial charge in [-0.2, -0.15) is 5.10 Å². The minimum Gasteiger partial charge on any atom is -0.372 e. The van der Waals surface area contributed by atoms with Gasteiger partial charge in [-0.25, -0.2) is 0 Å². The second-order valence-electron chi connectivity index (χ2n) is 3.90. The lowest BCUT2D eigenvalue weighted by Crippen LogP contribution is -2.25. The third-order valence-electron chi connectivity index (χ3n) is 2.62. The number of halogens is 1. The molecule has 0 saturated carbocycles. The summed E-state index contributed by atoms with van der Waals surface area (Å²) < 4.78 is 8.82. The van der Waals surface area contributed by atoms with E-state index in [9.17, 15) is 0 Å². The molecule has 1 aliphatic heterocycles. The summed E-state index contributed by atoms with van der Waals surface area (Å²) in [4.78, 5) is 0. The van der Waals surface area contributed by atoms with Crippen LogP contribution in [-0.2, 0) is 11.3 Å². The van der Waals surface area contributed by atoms with Gasteiger partial charge in [0.15, 0.2) is 0 Å². The number of ether oxygens (including phenoxy) is 1. The first-order chi connectivity index (χ1) is 7.28. The monoisotopic (exact) mass is 273 g/mol. The molecule has 0 amide bonds. The standard InChI is InChI=1S/C10H16BrN3O/c1-12-5-9-2-3-10(15-9)7-14-6-8(11)4-13-14/h4,6,9-10,12H,2-3,5,7H2,1H3. The minimum atomic E-state index is 0.315. The average molecular weight is 274 g/mol. The zero-order valence-corrected chi connectivity index (χ0v) is 10.4. The van der Waals surface area contributed by atoms with Gasteiger partial charge in [0.05, 0.1) is 29.4 Å². The highest BCUT2D eigenvalue weighted by atomic mass is 79.9. The van der Waals surface area contributed by atoms with E-state index in [1.165, 1.54) is 0 Å². The van der Waals surface area contributed by atoms with Gasteiger partial charge in [-0.3, -0.25) is 4.68 Å². The van der Waals surface area contributed by atoms with E-state index in [2.05, 4.69) is 26.3 Å². The predicted octanol–water partition coefficient (Wildman–Crippen LogP) is 1.41. The molecule has 0 spiro atoms. The average Bonchev–Trinajstić information content (AvgIpc) is 2.78. The zero-order chi connectivity index (χ0) is 10.7. The third-order valence-corrected chi connectivity index (χ3v) is 3.03. The van der Waals surface area contributed by atoms with Gasteiger partial charge in [0.2, 0.25) is 0 Å². The fourth-order valence-electron chi connectivity index (χ4n) is 1.94. The van der Waals surface area contributed by atoms with Gasteiger partial charge in [-0.1, -0.05) is 0 Å². The molecular weight excluding hydrogens is 258 g/mol. The molecule has 1 aromatic rings. The number of nitrogens with zero attached hydrogens (tertiary/aromatic N) is 2. The van der Waals surface area contributed by atoms with Crippen molar-refractivity contribution in [2.45, 2.75) is 31.6 Å². The van der Waals surface area contributed by atoms with E-state index in [0.717, 1.165) is 30.4 Å². The summed E-state index contributed by atoms with van der Waals surface area (Å²) in [5.74, 6) is 0. The molecule has 2 atom stereocenters. The van der Waals surface area contributed by atoms with Crippen LogP contribution in [0.25, 0.3) is 0 Å². The summed E-state index contributed by atoms with van der Waals surface area (Å²) in [6.45, 7) is 1.80. The Morgan fingerprint density at radius 3 is 3.07 bits per heavy atom. The molecule has 0 aliphatic carbocycles. The first-order valence-corrected chi connectivity index (χ1v) is 6.05. The second kappa shape index (κ2) is 5.09. The number of hydrogen-bond acceptors (Lipinski definition) is 3. The summed E-state index contributed by atoms with van der Waals surface area (Å²) >= 11 is 3.38. The lowest BCUT2D eigenvalue weighted by atomic mass is 10.2. The fourth-order valence-corrected chi connectivity index (χ4v) is 2.27. The molecule has 1 aromatic heterocycles. The normalized spacial score (nSPS) is 26.0.